The Morgan fingerprint density at radius 3 is 1.89 bits per heavy atom. The summed E-state index contributed by atoms with van der Waals surface area (Å²) >= 11 is 0. The third-order valence-electron chi connectivity index (χ3n) is 6.31. The molecular formula is C32H39NO3. The van der Waals surface area contributed by atoms with E-state index in [4.69, 9.17) is 5.11 Å². The molecule has 4 heteroatoms. The normalized spacial score (nSPS) is 13.1. The Labute approximate surface area is 215 Å². The molecule has 0 aliphatic carbocycles. The van der Waals surface area contributed by atoms with Crippen LogP contribution in [0.3, 0.4) is 0 Å². The van der Waals surface area contributed by atoms with E-state index in [0.717, 1.165) is 27.8 Å². The van der Waals surface area contributed by atoms with Crippen molar-refractivity contribution in [3.05, 3.63) is 94.6 Å². The maximum Gasteiger partial charge on any atom is 0.335 e. The molecule has 0 bridgehead atoms. The first-order chi connectivity index (χ1) is 16.7. The van der Waals surface area contributed by atoms with Gasteiger partial charge in [0.05, 0.1) is 11.7 Å². The van der Waals surface area contributed by atoms with Gasteiger partial charge in [0.25, 0.3) is 0 Å². The quantitative estimate of drug-likeness (QED) is 0.380. The number of aromatic carboxylic acids is 1. The Morgan fingerprint density at radius 2 is 1.42 bits per heavy atom. The van der Waals surface area contributed by atoms with Crippen molar-refractivity contribution in [2.75, 3.05) is 19.0 Å². The number of hydrogen-bond donors (Lipinski definition) is 2. The second-order valence-electron chi connectivity index (χ2n) is 11.6. The van der Waals surface area contributed by atoms with E-state index >= 15 is 0 Å². The molecule has 0 aliphatic rings. The van der Waals surface area contributed by atoms with Crippen molar-refractivity contribution >= 4 is 17.7 Å². The van der Waals surface area contributed by atoms with Crippen molar-refractivity contribution in [2.45, 2.75) is 58.5 Å². The summed E-state index contributed by atoms with van der Waals surface area (Å²) in [6, 6.07) is 19.1. The van der Waals surface area contributed by atoms with Crippen LogP contribution in [-0.2, 0) is 10.8 Å². The zero-order chi connectivity index (χ0) is 26.8. The summed E-state index contributed by atoms with van der Waals surface area (Å²) < 4.78 is 0. The molecule has 3 aromatic rings. The zero-order valence-corrected chi connectivity index (χ0v) is 22.8. The molecule has 1 atom stereocenters. The molecule has 4 nitrogen and oxygen atoms in total. The fourth-order valence-electron chi connectivity index (χ4n) is 4.81. The van der Waals surface area contributed by atoms with E-state index in [9.17, 15) is 9.90 Å². The fraction of sp³-hybridized carbons (Fsp3) is 0.344. The minimum atomic E-state index is -0.954. The van der Waals surface area contributed by atoms with Crippen LogP contribution in [0.25, 0.3) is 17.2 Å². The molecule has 0 heterocycles. The van der Waals surface area contributed by atoms with Crippen LogP contribution < -0.4 is 4.90 Å². The molecule has 36 heavy (non-hydrogen) atoms. The van der Waals surface area contributed by atoms with Gasteiger partial charge in [0.1, 0.15) is 0 Å². The van der Waals surface area contributed by atoms with E-state index in [1.54, 1.807) is 30.3 Å². The van der Waals surface area contributed by atoms with Crippen molar-refractivity contribution in [2.24, 2.45) is 0 Å². The van der Waals surface area contributed by atoms with E-state index in [1.807, 2.05) is 24.3 Å². The van der Waals surface area contributed by atoms with E-state index in [-0.39, 0.29) is 16.4 Å². The van der Waals surface area contributed by atoms with Gasteiger partial charge in [-0.25, -0.2) is 4.79 Å². The first kappa shape index (κ1) is 27.2. The maximum absolute atomic E-state index is 11.6. The van der Waals surface area contributed by atoms with Crippen LogP contribution in [0.1, 0.15) is 80.3 Å². The number of aliphatic hydroxyl groups is 1. The van der Waals surface area contributed by atoms with Crippen molar-refractivity contribution in [3.8, 4) is 11.1 Å². The van der Waals surface area contributed by atoms with Gasteiger partial charge in [0.15, 0.2) is 0 Å². The van der Waals surface area contributed by atoms with Crippen LogP contribution in [0.4, 0.5) is 5.69 Å². The molecule has 0 radical (unpaired) electrons. The highest BCUT2D eigenvalue weighted by atomic mass is 16.4. The van der Waals surface area contributed by atoms with Gasteiger partial charge in [-0.3, -0.25) is 0 Å². The number of anilines is 1. The van der Waals surface area contributed by atoms with E-state index < -0.39 is 12.1 Å². The highest BCUT2D eigenvalue weighted by molar-refractivity contribution is 5.88. The molecule has 2 N–H and O–H groups in total. The molecule has 0 amide bonds. The van der Waals surface area contributed by atoms with Crippen LogP contribution >= 0.6 is 0 Å². The summed E-state index contributed by atoms with van der Waals surface area (Å²) in [5.74, 6) is -0.954. The van der Waals surface area contributed by atoms with Crippen LogP contribution in [0.2, 0.25) is 0 Å². The number of aliphatic hydroxyl groups excluding tert-OH is 1. The van der Waals surface area contributed by atoms with Crippen molar-refractivity contribution in [1.29, 1.82) is 0 Å². The lowest BCUT2D eigenvalue weighted by Gasteiger charge is -2.38. The number of carbonyl (C=O) groups is 1. The summed E-state index contributed by atoms with van der Waals surface area (Å²) in [7, 11) is 4.17. The average Bonchev–Trinajstić information content (AvgIpc) is 2.80. The SMILES string of the molecule is CN(C)c1c(-c2ccccc2)cc(C(O)C=Cc2ccc(C(=O)O)cc2)c(C(C)(C)C)c1C(C)(C)C. The van der Waals surface area contributed by atoms with Crippen LogP contribution in [0.5, 0.6) is 0 Å². The third-order valence-corrected chi connectivity index (χ3v) is 6.31. The second-order valence-corrected chi connectivity index (χ2v) is 11.6. The molecular weight excluding hydrogens is 446 g/mol. The lowest BCUT2D eigenvalue weighted by atomic mass is 9.70. The topological polar surface area (TPSA) is 60.8 Å². The summed E-state index contributed by atoms with van der Waals surface area (Å²) in [6.07, 6.45) is 2.80. The van der Waals surface area contributed by atoms with Gasteiger partial charge in [0, 0.05) is 25.3 Å². The van der Waals surface area contributed by atoms with Gasteiger partial charge in [-0.1, -0.05) is 96.2 Å². The Hall–Kier alpha value is -3.37. The van der Waals surface area contributed by atoms with E-state index in [1.165, 1.54) is 11.3 Å². The summed E-state index contributed by atoms with van der Waals surface area (Å²) in [5.41, 5.74) is 7.32. The Morgan fingerprint density at radius 1 is 0.861 bits per heavy atom. The predicted molar refractivity (Wildman–Crippen MR) is 151 cm³/mol. The molecule has 3 rings (SSSR count). The first-order valence-electron chi connectivity index (χ1n) is 12.4. The number of rotatable bonds is 6. The summed E-state index contributed by atoms with van der Waals surface area (Å²) in [6.45, 7) is 13.3. The monoisotopic (exact) mass is 485 g/mol. The summed E-state index contributed by atoms with van der Waals surface area (Å²) in [4.78, 5) is 13.4. The number of carboxylic acid groups (broad SMARTS) is 1. The zero-order valence-electron chi connectivity index (χ0n) is 22.8. The minimum absolute atomic E-state index is 0.169. The van der Waals surface area contributed by atoms with Gasteiger partial charge in [0.2, 0.25) is 0 Å². The first-order valence-corrected chi connectivity index (χ1v) is 12.4. The molecule has 1 unspecified atom stereocenters. The Balaban J connectivity index is 2.28. The van der Waals surface area contributed by atoms with Crippen LogP contribution in [-0.4, -0.2) is 30.3 Å². The Bertz CT molecular complexity index is 1240. The van der Waals surface area contributed by atoms with Crippen molar-refractivity contribution < 1.29 is 15.0 Å². The van der Waals surface area contributed by atoms with Crippen molar-refractivity contribution in [1.82, 2.24) is 0 Å². The van der Waals surface area contributed by atoms with Crippen molar-refractivity contribution in [3.63, 3.8) is 0 Å². The fourth-order valence-corrected chi connectivity index (χ4v) is 4.81. The highest BCUT2D eigenvalue weighted by Crippen LogP contribution is 2.48. The molecule has 0 saturated heterocycles. The molecule has 3 aromatic carbocycles. The van der Waals surface area contributed by atoms with Gasteiger partial charge in [-0.15, -0.1) is 0 Å². The minimum Gasteiger partial charge on any atom is -0.478 e. The molecule has 0 saturated carbocycles. The predicted octanol–water partition coefficient (Wildman–Crippen LogP) is 7.46. The molecule has 0 aliphatic heterocycles. The van der Waals surface area contributed by atoms with Crippen LogP contribution in [0, 0.1) is 0 Å². The van der Waals surface area contributed by atoms with Gasteiger partial charge >= 0.3 is 5.97 Å². The smallest absolute Gasteiger partial charge is 0.335 e. The largest absolute Gasteiger partial charge is 0.478 e. The number of carboxylic acids is 1. The number of hydrogen-bond acceptors (Lipinski definition) is 3. The second kappa shape index (κ2) is 10.3. The average molecular weight is 486 g/mol. The van der Waals surface area contributed by atoms with Gasteiger partial charge in [-0.2, -0.15) is 0 Å². The van der Waals surface area contributed by atoms with Gasteiger partial charge < -0.3 is 15.1 Å². The lowest BCUT2D eigenvalue weighted by Crippen LogP contribution is -2.28. The highest BCUT2D eigenvalue weighted by Gasteiger charge is 2.34. The molecule has 0 fully saturated rings. The summed E-state index contributed by atoms with van der Waals surface area (Å²) in [5, 5.41) is 20.7. The number of nitrogens with zero attached hydrogens (tertiary/aromatic N) is 1. The number of benzene rings is 3. The van der Waals surface area contributed by atoms with E-state index in [0.29, 0.717) is 0 Å². The lowest BCUT2D eigenvalue weighted by molar-refractivity contribution is 0.0697. The molecule has 190 valence electrons. The van der Waals surface area contributed by atoms with Crippen LogP contribution in [0.15, 0.2) is 66.7 Å². The van der Waals surface area contributed by atoms with E-state index in [2.05, 4.69) is 78.7 Å². The molecule has 0 spiro atoms. The standard InChI is InChI=1S/C32H39NO3/c1-31(2,3)27-25(26(34)19-16-21-14-17-23(18-15-21)30(35)36)20-24(22-12-10-9-11-13-22)29(33(7)8)28(27)32(4,5)6/h9-20,26,34H,1-8H3,(H,35,36). The van der Waals surface area contributed by atoms with Gasteiger partial charge in [-0.05, 0) is 56.8 Å². The third kappa shape index (κ3) is 5.88. The Kier molecular flexibility index (Phi) is 7.80. The molecule has 0 aromatic heterocycles. The maximum atomic E-state index is 11.6.